The number of alkyl halides is 2. The van der Waals surface area contributed by atoms with Crippen LogP contribution in [0.3, 0.4) is 0 Å². The van der Waals surface area contributed by atoms with E-state index in [-0.39, 0.29) is 5.56 Å². The summed E-state index contributed by atoms with van der Waals surface area (Å²) >= 11 is 0. The molecule has 0 radical (unpaired) electrons. The Morgan fingerprint density at radius 2 is 1.30 bits per heavy atom. The Bertz CT molecular complexity index is 1590. The van der Waals surface area contributed by atoms with Gasteiger partial charge in [-0.15, -0.1) is 6.58 Å². The second-order valence-corrected chi connectivity index (χ2v) is 8.60. The van der Waals surface area contributed by atoms with E-state index in [2.05, 4.69) is 23.2 Å². The molecule has 4 aromatic rings. The minimum absolute atomic E-state index is 0.209. The smallest absolute Gasteiger partial charge is 0.429 e. The first-order valence-electron chi connectivity index (χ1n) is 11.7. The molecular formula is C31H18F8O. The number of aryl methyl sites for hydroxylation is 1. The molecule has 0 aliphatic heterocycles. The lowest BCUT2D eigenvalue weighted by atomic mass is 10.0. The van der Waals surface area contributed by atoms with Gasteiger partial charge in [-0.1, -0.05) is 30.0 Å². The van der Waals surface area contributed by atoms with Crippen LogP contribution in [0, 0.1) is 46.7 Å². The van der Waals surface area contributed by atoms with E-state index in [0.29, 0.717) is 35.9 Å². The maximum absolute atomic E-state index is 14.8. The quantitative estimate of drug-likeness (QED) is 0.0953. The zero-order valence-corrected chi connectivity index (χ0v) is 20.5. The van der Waals surface area contributed by atoms with E-state index >= 15 is 0 Å². The van der Waals surface area contributed by atoms with Crippen molar-refractivity contribution in [1.29, 1.82) is 0 Å². The molecule has 4 rings (SSSR count). The number of rotatable bonds is 7. The maximum Gasteiger partial charge on any atom is 0.432 e. The fourth-order valence-electron chi connectivity index (χ4n) is 3.79. The standard InChI is InChI=1S/C31H18F8O/c1-2-3-4-18-5-7-19(8-6-18)9-10-20-13-25(33)29(26(34)14-20)31(38,39)40-22-11-12-23(24(32)17-22)21-15-27(35)30(37)28(36)16-21/h2,5-8,11-17H,1,3-4H2. The third-order valence-electron chi connectivity index (χ3n) is 5.76. The number of halogens is 8. The predicted octanol–water partition coefficient (Wildman–Crippen LogP) is 8.83. The van der Waals surface area contributed by atoms with Crippen LogP contribution in [-0.4, -0.2) is 0 Å². The molecule has 40 heavy (non-hydrogen) atoms. The average Bonchev–Trinajstić information content (AvgIpc) is 2.89. The first kappa shape index (κ1) is 28.4. The molecule has 0 aliphatic rings. The van der Waals surface area contributed by atoms with Crippen molar-refractivity contribution in [2.45, 2.75) is 19.0 Å². The molecule has 0 fully saturated rings. The van der Waals surface area contributed by atoms with Crippen molar-refractivity contribution in [3.05, 3.63) is 137 Å². The fraction of sp³-hybridized carbons (Fsp3) is 0.0968. The van der Waals surface area contributed by atoms with Crippen molar-refractivity contribution in [1.82, 2.24) is 0 Å². The third kappa shape index (κ3) is 6.34. The van der Waals surface area contributed by atoms with Gasteiger partial charge >= 0.3 is 6.11 Å². The van der Waals surface area contributed by atoms with Gasteiger partial charge in [0.25, 0.3) is 0 Å². The van der Waals surface area contributed by atoms with Gasteiger partial charge in [0, 0.05) is 22.8 Å². The number of hydrogen-bond donors (Lipinski definition) is 0. The van der Waals surface area contributed by atoms with E-state index in [1.54, 1.807) is 18.2 Å². The van der Waals surface area contributed by atoms with Gasteiger partial charge < -0.3 is 4.74 Å². The minimum Gasteiger partial charge on any atom is -0.429 e. The van der Waals surface area contributed by atoms with E-state index in [9.17, 15) is 35.1 Å². The second-order valence-electron chi connectivity index (χ2n) is 8.60. The van der Waals surface area contributed by atoms with E-state index in [4.69, 9.17) is 0 Å². The van der Waals surface area contributed by atoms with Gasteiger partial charge in [-0.25, -0.2) is 26.3 Å². The molecule has 4 aromatic carbocycles. The van der Waals surface area contributed by atoms with E-state index < -0.39 is 63.5 Å². The van der Waals surface area contributed by atoms with Crippen LogP contribution in [-0.2, 0) is 12.5 Å². The van der Waals surface area contributed by atoms with E-state index in [0.717, 1.165) is 30.5 Å². The highest BCUT2D eigenvalue weighted by molar-refractivity contribution is 5.65. The van der Waals surface area contributed by atoms with Crippen LogP contribution in [0.4, 0.5) is 35.1 Å². The molecule has 0 heterocycles. The third-order valence-corrected chi connectivity index (χ3v) is 5.76. The summed E-state index contributed by atoms with van der Waals surface area (Å²) in [5.74, 6) is -5.12. The predicted molar refractivity (Wildman–Crippen MR) is 134 cm³/mol. The molecule has 9 heteroatoms. The highest BCUT2D eigenvalue weighted by Gasteiger charge is 2.41. The molecule has 1 nitrogen and oxygen atoms in total. The van der Waals surface area contributed by atoms with Crippen LogP contribution in [0.2, 0.25) is 0 Å². The van der Waals surface area contributed by atoms with Crippen LogP contribution in [0.25, 0.3) is 11.1 Å². The van der Waals surface area contributed by atoms with Crippen molar-refractivity contribution in [3.8, 4) is 28.7 Å². The van der Waals surface area contributed by atoms with Gasteiger partial charge in [-0.05, 0) is 72.5 Å². The lowest BCUT2D eigenvalue weighted by Crippen LogP contribution is -2.25. The second kappa shape index (κ2) is 11.7. The SMILES string of the molecule is C=CCCc1ccc(C#Cc2cc(F)c(C(F)(F)Oc3ccc(-c4cc(F)c(F)c(F)c4)c(F)c3)c(F)c2)cc1. The summed E-state index contributed by atoms with van der Waals surface area (Å²) in [6.07, 6.45) is -1.21. The Morgan fingerprint density at radius 1 is 0.700 bits per heavy atom. The van der Waals surface area contributed by atoms with E-state index in [1.165, 1.54) is 0 Å². The Balaban J connectivity index is 1.55. The number of allylic oxidation sites excluding steroid dienone is 1. The molecule has 0 aromatic heterocycles. The summed E-state index contributed by atoms with van der Waals surface area (Å²) in [6.45, 7) is 3.65. The molecule has 0 spiro atoms. The molecule has 0 N–H and O–H groups in total. The highest BCUT2D eigenvalue weighted by atomic mass is 19.3. The molecule has 0 bridgehead atoms. The van der Waals surface area contributed by atoms with Crippen molar-refractivity contribution in [3.63, 3.8) is 0 Å². The first-order valence-corrected chi connectivity index (χ1v) is 11.7. The van der Waals surface area contributed by atoms with Crippen molar-refractivity contribution < 1.29 is 39.9 Å². The lowest BCUT2D eigenvalue weighted by Gasteiger charge is -2.20. The zero-order chi connectivity index (χ0) is 29.0. The van der Waals surface area contributed by atoms with Crippen LogP contribution in [0.1, 0.15) is 28.7 Å². The van der Waals surface area contributed by atoms with Crippen molar-refractivity contribution in [2.75, 3.05) is 0 Å². The molecule has 0 atom stereocenters. The average molecular weight is 558 g/mol. The van der Waals surface area contributed by atoms with Crippen molar-refractivity contribution in [2.24, 2.45) is 0 Å². The molecule has 204 valence electrons. The fourth-order valence-corrected chi connectivity index (χ4v) is 3.79. The zero-order valence-electron chi connectivity index (χ0n) is 20.5. The van der Waals surface area contributed by atoms with Gasteiger partial charge in [0.05, 0.1) is 0 Å². The first-order chi connectivity index (χ1) is 19.0. The Labute approximate surface area is 224 Å². The lowest BCUT2D eigenvalue weighted by molar-refractivity contribution is -0.189. The molecular weight excluding hydrogens is 540 g/mol. The maximum atomic E-state index is 14.8. The monoisotopic (exact) mass is 558 g/mol. The van der Waals surface area contributed by atoms with Gasteiger partial charge in [0.15, 0.2) is 17.5 Å². The largest absolute Gasteiger partial charge is 0.432 e. The summed E-state index contributed by atoms with van der Waals surface area (Å²) in [6, 6.07) is 11.4. The Morgan fingerprint density at radius 3 is 1.88 bits per heavy atom. The van der Waals surface area contributed by atoms with Gasteiger partial charge in [-0.3, -0.25) is 0 Å². The topological polar surface area (TPSA) is 9.23 Å². The Kier molecular flexibility index (Phi) is 8.29. The molecule has 0 saturated heterocycles. The van der Waals surface area contributed by atoms with Gasteiger partial charge in [0.2, 0.25) is 0 Å². The summed E-state index contributed by atoms with van der Waals surface area (Å²) < 4.78 is 118. The van der Waals surface area contributed by atoms with Crippen LogP contribution in [0.15, 0.2) is 79.4 Å². The van der Waals surface area contributed by atoms with Crippen molar-refractivity contribution >= 4 is 0 Å². The molecule has 0 aliphatic carbocycles. The van der Waals surface area contributed by atoms with Gasteiger partial charge in [0.1, 0.15) is 28.8 Å². The molecule has 0 unspecified atom stereocenters. The van der Waals surface area contributed by atoms with Gasteiger partial charge in [-0.2, -0.15) is 8.78 Å². The highest BCUT2D eigenvalue weighted by Crippen LogP contribution is 2.37. The Hall–Kier alpha value is -4.58. The summed E-state index contributed by atoms with van der Waals surface area (Å²) in [5, 5.41) is 0. The number of ether oxygens (including phenoxy) is 1. The van der Waals surface area contributed by atoms with Crippen LogP contribution >= 0.6 is 0 Å². The van der Waals surface area contributed by atoms with Crippen LogP contribution < -0.4 is 4.74 Å². The molecule has 0 saturated carbocycles. The summed E-state index contributed by atoms with van der Waals surface area (Å²) in [5.41, 5.74) is -1.22. The van der Waals surface area contributed by atoms with Crippen LogP contribution in [0.5, 0.6) is 5.75 Å². The summed E-state index contributed by atoms with van der Waals surface area (Å²) in [7, 11) is 0. The number of benzene rings is 4. The molecule has 0 amide bonds. The normalized spacial score (nSPS) is 11.1. The summed E-state index contributed by atoms with van der Waals surface area (Å²) in [4.78, 5) is 0. The van der Waals surface area contributed by atoms with E-state index in [1.807, 2.05) is 12.1 Å². The minimum atomic E-state index is -4.58. The number of hydrogen-bond acceptors (Lipinski definition) is 1.